The van der Waals surface area contributed by atoms with Gasteiger partial charge < -0.3 is 15.0 Å². The van der Waals surface area contributed by atoms with E-state index >= 15 is 0 Å². The molecular formula is C20H29Cl2N3O2. The van der Waals surface area contributed by atoms with Crippen LogP contribution in [-0.2, 0) is 13.0 Å². The Bertz CT molecular complexity index is 847. The number of H-pyrrole nitrogens is 1. The number of benzene rings is 1. The van der Waals surface area contributed by atoms with E-state index in [0.717, 1.165) is 53.8 Å². The predicted molar refractivity (Wildman–Crippen MR) is 116 cm³/mol. The van der Waals surface area contributed by atoms with Crippen molar-refractivity contribution >= 4 is 41.4 Å². The van der Waals surface area contributed by atoms with Gasteiger partial charge in [0.2, 0.25) is 0 Å². The monoisotopic (exact) mass is 413 g/mol. The maximum atomic E-state index is 12.5. The fraction of sp³-hybridized carbons (Fsp3) is 0.550. The van der Waals surface area contributed by atoms with Crippen molar-refractivity contribution in [3.05, 3.63) is 33.6 Å². The smallest absolute Gasteiger partial charge is 0.253 e. The quantitative estimate of drug-likeness (QED) is 0.791. The SMILES string of the molecule is COc1cc(CN(C)C2CCCC2)cc2[nH]c(=O)c3c(c12)NCCC3.Cl.Cl. The highest BCUT2D eigenvalue weighted by Gasteiger charge is 2.22. The van der Waals surface area contributed by atoms with Crippen LogP contribution < -0.4 is 15.6 Å². The fourth-order valence-electron chi connectivity index (χ4n) is 4.42. The molecule has 0 bridgehead atoms. The third-order valence-electron chi connectivity index (χ3n) is 5.74. The second-order valence-corrected chi connectivity index (χ2v) is 7.41. The number of methoxy groups -OCH3 is 1. The number of rotatable bonds is 4. The van der Waals surface area contributed by atoms with E-state index < -0.39 is 0 Å². The summed E-state index contributed by atoms with van der Waals surface area (Å²) >= 11 is 0. The number of halogens is 2. The second-order valence-electron chi connectivity index (χ2n) is 7.41. The van der Waals surface area contributed by atoms with E-state index in [2.05, 4.69) is 34.4 Å². The third-order valence-corrected chi connectivity index (χ3v) is 5.74. The molecule has 1 fully saturated rings. The summed E-state index contributed by atoms with van der Waals surface area (Å²) in [5.74, 6) is 0.842. The van der Waals surface area contributed by atoms with Crippen molar-refractivity contribution in [2.45, 2.75) is 51.1 Å². The van der Waals surface area contributed by atoms with Gasteiger partial charge in [-0.2, -0.15) is 0 Å². The average Bonchev–Trinajstić information content (AvgIpc) is 3.16. The molecule has 150 valence electrons. The van der Waals surface area contributed by atoms with E-state index in [0.29, 0.717) is 6.04 Å². The van der Waals surface area contributed by atoms with Crippen molar-refractivity contribution < 1.29 is 4.74 Å². The molecule has 1 aliphatic heterocycles. The van der Waals surface area contributed by atoms with Gasteiger partial charge in [-0.05, 0) is 50.4 Å². The lowest BCUT2D eigenvalue weighted by atomic mass is 9.99. The van der Waals surface area contributed by atoms with Gasteiger partial charge >= 0.3 is 0 Å². The molecule has 4 rings (SSSR count). The molecule has 1 saturated carbocycles. The summed E-state index contributed by atoms with van der Waals surface area (Å²) in [6.45, 7) is 1.78. The fourth-order valence-corrected chi connectivity index (χ4v) is 4.42. The molecule has 2 aromatic rings. The average molecular weight is 414 g/mol. The normalized spacial score (nSPS) is 16.4. The molecule has 1 aromatic heterocycles. The number of ether oxygens (including phenoxy) is 1. The minimum atomic E-state index is 0. The number of hydrogen-bond donors (Lipinski definition) is 2. The van der Waals surface area contributed by atoms with Crippen molar-refractivity contribution in [2.75, 3.05) is 26.0 Å². The van der Waals surface area contributed by atoms with E-state index in [4.69, 9.17) is 4.74 Å². The zero-order valence-corrected chi connectivity index (χ0v) is 17.6. The molecule has 0 saturated heterocycles. The molecule has 2 N–H and O–H groups in total. The van der Waals surface area contributed by atoms with Crippen molar-refractivity contribution in [1.82, 2.24) is 9.88 Å². The summed E-state index contributed by atoms with van der Waals surface area (Å²) in [5, 5.41) is 4.42. The number of pyridine rings is 1. The van der Waals surface area contributed by atoms with Crippen molar-refractivity contribution in [3.63, 3.8) is 0 Å². The summed E-state index contributed by atoms with van der Waals surface area (Å²) in [7, 11) is 3.91. The van der Waals surface area contributed by atoms with Gasteiger partial charge in [0, 0.05) is 24.7 Å². The molecule has 2 aliphatic rings. The van der Waals surface area contributed by atoms with Crippen LogP contribution in [0.5, 0.6) is 5.75 Å². The maximum Gasteiger partial charge on any atom is 0.253 e. The van der Waals surface area contributed by atoms with E-state index in [-0.39, 0.29) is 30.4 Å². The zero-order valence-electron chi connectivity index (χ0n) is 16.0. The molecule has 1 aliphatic carbocycles. The Morgan fingerprint density at radius 3 is 2.63 bits per heavy atom. The second kappa shape index (κ2) is 9.18. The van der Waals surface area contributed by atoms with Crippen LogP contribution in [0.25, 0.3) is 10.9 Å². The summed E-state index contributed by atoms with van der Waals surface area (Å²) in [6.07, 6.45) is 7.06. The number of aromatic nitrogens is 1. The Morgan fingerprint density at radius 2 is 1.93 bits per heavy atom. The van der Waals surface area contributed by atoms with Crippen LogP contribution in [0.2, 0.25) is 0 Å². The lowest BCUT2D eigenvalue weighted by Crippen LogP contribution is -2.28. The molecule has 0 radical (unpaired) electrons. The topological polar surface area (TPSA) is 57.4 Å². The Morgan fingerprint density at radius 1 is 1.19 bits per heavy atom. The van der Waals surface area contributed by atoms with Crippen LogP contribution in [0.15, 0.2) is 16.9 Å². The first-order valence-electron chi connectivity index (χ1n) is 9.37. The van der Waals surface area contributed by atoms with Gasteiger partial charge in [0.15, 0.2) is 0 Å². The molecule has 2 heterocycles. The van der Waals surface area contributed by atoms with Crippen LogP contribution >= 0.6 is 24.8 Å². The summed E-state index contributed by atoms with van der Waals surface area (Å²) in [5.41, 5.74) is 3.89. The van der Waals surface area contributed by atoms with Crippen LogP contribution in [0.3, 0.4) is 0 Å². The molecule has 0 spiro atoms. The number of fused-ring (bicyclic) bond motifs is 3. The van der Waals surface area contributed by atoms with Crippen LogP contribution in [0, 0.1) is 0 Å². The Balaban J connectivity index is 0.00000131. The zero-order chi connectivity index (χ0) is 17.4. The highest BCUT2D eigenvalue weighted by atomic mass is 35.5. The Hall–Kier alpha value is -1.43. The van der Waals surface area contributed by atoms with E-state index in [9.17, 15) is 4.79 Å². The molecule has 27 heavy (non-hydrogen) atoms. The number of aromatic amines is 1. The molecular weight excluding hydrogens is 385 g/mol. The van der Waals surface area contributed by atoms with Crippen LogP contribution in [0.4, 0.5) is 5.69 Å². The highest BCUT2D eigenvalue weighted by molar-refractivity contribution is 5.98. The minimum absolute atomic E-state index is 0. The maximum absolute atomic E-state index is 12.5. The number of nitrogens with zero attached hydrogens (tertiary/aromatic N) is 1. The van der Waals surface area contributed by atoms with E-state index in [1.807, 2.05) is 0 Å². The molecule has 5 nitrogen and oxygen atoms in total. The molecule has 1 aromatic carbocycles. The predicted octanol–water partition coefficient (Wildman–Crippen LogP) is 4.11. The van der Waals surface area contributed by atoms with Gasteiger partial charge in [-0.15, -0.1) is 24.8 Å². The largest absolute Gasteiger partial charge is 0.496 e. The number of anilines is 1. The Kier molecular flexibility index (Phi) is 7.43. The first-order chi connectivity index (χ1) is 12.2. The minimum Gasteiger partial charge on any atom is -0.496 e. The van der Waals surface area contributed by atoms with Crippen LogP contribution in [0.1, 0.15) is 43.2 Å². The van der Waals surface area contributed by atoms with Gasteiger partial charge in [0.05, 0.1) is 23.7 Å². The third kappa shape index (κ3) is 4.20. The first-order valence-corrected chi connectivity index (χ1v) is 9.37. The molecule has 0 amide bonds. The van der Waals surface area contributed by atoms with E-state index in [1.54, 1.807) is 7.11 Å². The van der Waals surface area contributed by atoms with Gasteiger partial charge in [0.1, 0.15) is 5.75 Å². The lowest BCUT2D eigenvalue weighted by molar-refractivity contribution is 0.237. The van der Waals surface area contributed by atoms with E-state index in [1.165, 1.54) is 31.2 Å². The van der Waals surface area contributed by atoms with Crippen molar-refractivity contribution in [3.8, 4) is 5.75 Å². The Labute approximate surface area is 172 Å². The van der Waals surface area contributed by atoms with Gasteiger partial charge in [0.25, 0.3) is 5.56 Å². The highest BCUT2D eigenvalue weighted by Crippen LogP contribution is 2.36. The van der Waals surface area contributed by atoms with Crippen molar-refractivity contribution in [1.29, 1.82) is 0 Å². The summed E-state index contributed by atoms with van der Waals surface area (Å²) in [6, 6.07) is 4.91. The number of hydrogen-bond acceptors (Lipinski definition) is 4. The molecule has 0 unspecified atom stereocenters. The first kappa shape index (κ1) is 21.9. The summed E-state index contributed by atoms with van der Waals surface area (Å²) < 4.78 is 5.70. The lowest BCUT2D eigenvalue weighted by Gasteiger charge is -2.25. The standard InChI is InChI=1S/C20H27N3O2.2ClH/c1-23(14-6-3-4-7-14)12-13-10-16-18(17(11-13)25-2)19-15(20(24)22-16)8-5-9-21-19;;/h10-11,14,21H,3-9,12H2,1-2H3,(H,22,24);2*1H. The number of nitrogens with one attached hydrogen (secondary N) is 2. The summed E-state index contributed by atoms with van der Waals surface area (Å²) in [4.78, 5) is 18.0. The van der Waals surface area contributed by atoms with Crippen LogP contribution in [-0.4, -0.2) is 36.6 Å². The van der Waals surface area contributed by atoms with Gasteiger partial charge in [-0.25, -0.2) is 0 Å². The van der Waals surface area contributed by atoms with Gasteiger partial charge in [-0.3, -0.25) is 9.69 Å². The molecule has 0 atom stereocenters. The van der Waals surface area contributed by atoms with Gasteiger partial charge in [-0.1, -0.05) is 12.8 Å². The van der Waals surface area contributed by atoms with Crippen molar-refractivity contribution in [2.24, 2.45) is 0 Å². The molecule has 7 heteroatoms.